The number of carbonyl (C=O) groups excluding carboxylic acids is 1. The summed E-state index contributed by atoms with van der Waals surface area (Å²) in [6, 6.07) is 2.66. The lowest BCUT2D eigenvalue weighted by atomic mass is 9.97. The maximum absolute atomic E-state index is 12.5. The van der Waals surface area contributed by atoms with Crippen molar-refractivity contribution in [3.05, 3.63) is 34.9 Å². The standard InChI is InChI=1S/C13H15F3O4/c1-3-20-12(19)11(18)10(17)9-5-4-8(6-7(9)2)13(14,15)16/h4-6,10-11,17-18H,3H2,1-2H3. The van der Waals surface area contributed by atoms with Crippen molar-refractivity contribution in [3.8, 4) is 0 Å². The second-order valence-corrected chi connectivity index (χ2v) is 4.21. The highest BCUT2D eigenvalue weighted by molar-refractivity contribution is 5.75. The Hall–Kier alpha value is -1.60. The number of rotatable bonds is 4. The molecule has 0 spiro atoms. The average Bonchev–Trinajstić information content (AvgIpc) is 2.36. The number of aliphatic hydroxyl groups is 2. The first kappa shape index (κ1) is 16.5. The normalized spacial score (nSPS) is 14.8. The molecule has 0 radical (unpaired) electrons. The quantitative estimate of drug-likeness (QED) is 0.833. The summed E-state index contributed by atoms with van der Waals surface area (Å²) in [5.41, 5.74) is -0.703. The lowest BCUT2D eigenvalue weighted by molar-refractivity contribution is -0.159. The van der Waals surface area contributed by atoms with E-state index in [2.05, 4.69) is 4.74 Å². The molecule has 0 saturated heterocycles. The van der Waals surface area contributed by atoms with Crippen molar-refractivity contribution in [1.82, 2.24) is 0 Å². The van der Waals surface area contributed by atoms with Gasteiger partial charge in [0.2, 0.25) is 0 Å². The lowest BCUT2D eigenvalue weighted by Gasteiger charge is -2.19. The van der Waals surface area contributed by atoms with Crippen LogP contribution in [-0.4, -0.2) is 28.9 Å². The molecule has 4 nitrogen and oxygen atoms in total. The number of halogens is 3. The van der Waals surface area contributed by atoms with Crippen molar-refractivity contribution in [2.24, 2.45) is 0 Å². The Morgan fingerprint density at radius 3 is 2.40 bits per heavy atom. The van der Waals surface area contributed by atoms with E-state index in [1.54, 1.807) is 0 Å². The van der Waals surface area contributed by atoms with Gasteiger partial charge in [-0.3, -0.25) is 0 Å². The molecule has 0 aliphatic heterocycles. The zero-order valence-corrected chi connectivity index (χ0v) is 10.9. The topological polar surface area (TPSA) is 66.8 Å². The number of esters is 1. The molecule has 112 valence electrons. The Balaban J connectivity index is 3.00. The van der Waals surface area contributed by atoms with Gasteiger partial charge in [-0.05, 0) is 37.1 Å². The van der Waals surface area contributed by atoms with Crippen LogP contribution in [0.15, 0.2) is 18.2 Å². The number of ether oxygens (including phenoxy) is 1. The van der Waals surface area contributed by atoms with E-state index in [0.717, 1.165) is 18.2 Å². The van der Waals surface area contributed by atoms with Gasteiger partial charge in [0.1, 0.15) is 6.10 Å². The number of hydrogen-bond donors (Lipinski definition) is 2. The van der Waals surface area contributed by atoms with Crippen LogP contribution in [0.4, 0.5) is 13.2 Å². The second-order valence-electron chi connectivity index (χ2n) is 4.21. The fourth-order valence-corrected chi connectivity index (χ4v) is 1.71. The Kier molecular flexibility index (Phi) is 5.13. The number of aliphatic hydroxyl groups excluding tert-OH is 2. The number of carbonyl (C=O) groups is 1. The molecule has 0 aliphatic rings. The van der Waals surface area contributed by atoms with Gasteiger partial charge in [-0.1, -0.05) is 6.07 Å². The van der Waals surface area contributed by atoms with E-state index in [1.165, 1.54) is 13.8 Å². The molecule has 0 amide bonds. The Labute approximate surface area is 113 Å². The molecule has 2 unspecified atom stereocenters. The minimum atomic E-state index is -4.49. The summed E-state index contributed by atoms with van der Waals surface area (Å²) < 4.78 is 42.0. The van der Waals surface area contributed by atoms with Crippen LogP contribution in [0.3, 0.4) is 0 Å². The van der Waals surface area contributed by atoms with Crippen molar-refractivity contribution >= 4 is 5.97 Å². The molecular formula is C13H15F3O4. The number of hydrogen-bond acceptors (Lipinski definition) is 4. The predicted molar refractivity (Wildman–Crippen MR) is 63.8 cm³/mol. The number of benzene rings is 1. The van der Waals surface area contributed by atoms with Crippen LogP contribution in [0.5, 0.6) is 0 Å². The van der Waals surface area contributed by atoms with Crippen molar-refractivity contribution < 1.29 is 32.9 Å². The van der Waals surface area contributed by atoms with E-state index >= 15 is 0 Å². The summed E-state index contributed by atoms with van der Waals surface area (Å²) >= 11 is 0. The largest absolute Gasteiger partial charge is 0.464 e. The van der Waals surface area contributed by atoms with Crippen molar-refractivity contribution in [2.75, 3.05) is 6.61 Å². The van der Waals surface area contributed by atoms with E-state index in [4.69, 9.17) is 0 Å². The van der Waals surface area contributed by atoms with Gasteiger partial charge in [-0.2, -0.15) is 13.2 Å². The van der Waals surface area contributed by atoms with Gasteiger partial charge >= 0.3 is 12.1 Å². The molecule has 1 rings (SSSR count). The third-order valence-electron chi connectivity index (χ3n) is 2.74. The highest BCUT2D eigenvalue weighted by atomic mass is 19.4. The van der Waals surface area contributed by atoms with Gasteiger partial charge in [0, 0.05) is 0 Å². The van der Waals surface area contributed by atoms with E-state index in [1.807, 2.05) is 0 Å². The first-order chi connectivity index (χ1) is 9.18. The van der Waals surface area contributed by atoms with Gasteiger partial charge in [0.25, 0.3) is 0 Å². The van der Waals surface area contributed by atoms with E-state index < -0.39 is 29.9 Å². The Morgan fingerprint density at radius 1 is 1.35 bits per heavy atom. The molecule has 1 aromatic carbocycles. The molecule has 7 heteroatoms. The fourth-order valence-electron chi connectivity index (χ4n) is 1.71. The Morgan fingerprint density at radius 2 is 1.95 bits per heavy atom. The van der Waals surface area contributed by atoms with E-state index in [9.17, 15) is 28.2 Å². The van der Waals surface area contributed by atoms with Crippen LogP contribution >= 0.6 is 0 Å². The summed E-state index contributed by atoms with van der Waals surface area (Å²) in [5, 5.41) is 19.4. The van der Waals surface area contributed by atoms with Crippen LogP contribution in [-0.2, 0) is 15.7 Å². The summed E-state index contributed by atoms with van der Waals surface area (Å²) in [7, 11) is 0. The fraction of sp³-hybridized carbons (Fsp3) is 0.462. The Bertz CT molecular complexity index is 485. The maximum atomic E-state index is 12.5. The molecule has 0 aliphatic carbocycles. The zero-order chi connectivity index (χ0) is 15.5. The first-order valence-electron chi connectivity index (χ1n) is 5.89. The summed E-state index contributed by atoms with van der Waals surface area (Å²) in [4.78, 5) is 11.3. The minimum absolute atomic E-state index is 0.0224. The van der Waals surface area contributed by atoms with Gasteiger partial charge in [-0.15, -0.1) is 0 Å². The van der Waals surface area contributed by atoms with E-state index in [0.29, 0.717) is 0 Å². The molecule has 2 atom stereocenters. The van der Waals surface area contributed by atoms with Crippen LogP contribution in [0.1, 0.15) is 29.7 Å². The highest BCUT2D eigenvalue weighted by Gasteiger charge is 2.32. The average molecular weight is 292 g/mol. The molecular weight excluding hydrogens is 277 g/mol. The van der Waals surface area contributed by atoms with Crippen LogP contribution in [0.25, 0.3) is 0 Å². The molecule has 0 heterocycles. The molecule has 0 fully saturated rings. The molecule has 0 aromatic heterocycles. The third-order valence-corrected chi connectivity index (χ3v) is 2.74. The molecule has 1 aromatic rings. The second kappa shape index (κ2) is 6.23. The monoisotopic (exact) mass is 292 g/mol. The smallest absolute Gasteiger partial charge is 0.416 e. The van der Waals surface area contributed by atoms with Crippen LogP contribution < -0.4 is 0 Å². The van der Waals surface area contributed by atoms with Gasteiger partial charge in [-0.25, -0.2) is 4.79 Å². The lowest BCUT2D eigenvalue weighted by Crippen LogP contribution is -2.30. The summed E-state index contributed by atoms with van der Waals surface area (Å²) in [5.74, 6) is -1.03. The van der Waals surface area contributed by atoms with Crippen LogP contribution in [0.2, 0.25) is 0 Å². The van der Waals surface area contributed by atoms with Gasteiger partial charge in [0.15, 0.2) is 6.10 Å². The number of alkyl halides is 3. The minimum Gasteiger partial charge on any atom is -0.464 e. The first-order valence-corrected chi connectivity index (χ1v) is 5.89. The van der Waals surface area contributed by atoms with E-state index in [-0.39, 0.29) is 17.7 Å². The molecule has 20 heavy (non-hydrogen) atoms. The zero-order valence-electron chi connectivity index (χ0n) is 10.9. The van der Waals surface area contributed by atoms with Gasteiger partial charge in [0.05, 0.1) is 12.2 Å². The third kappa shape index (κ3) is 3.71. The van der Waals surface area contributed by atoms with Crippen LogP contribution in [0, 0.1) is 6.92 Å². The van der Waals surface area contributed by atoms with Crippen molar-refractivity contribution in [3.63, 3.8) is 0 Å². The predicted octanol–water partition coefficient (Wildman–Crippen LogP) is 1.97. The SMILES string of the molecule is CCOC(=O)C(O)C(O)c1ccc(C(F)(F)F)cc1C. The maximum Gasteiger partial charge on any atom is 0.416 e. The van der Waals surface area contributed by atoms with Crippen molar-refractivity contribution in [1.29, 1.82) is 0 Å². The highest BCUT2D eigenvalue weighted by Crippen LogP contribution is 2.32. The summed E-state index contributed by atoms with van der Waals surface area (Å²) in [6.45, 7) is 2.90. The molecule has 0 saturated carbocycles. The molecule has 0 bridgehead atoms. The van der Waals surface area contributed by atoms with Gasteiger partial charge < -0.3 is 14.9 Å². The summed E-state index contributed by atoms with van der Waals surface area (Å²) in [6.07, 6.45) is -7.98. The number of aryl methyl sites for hydroxylation is 1. The van der Waals surface area contributed by atoms with Crippen molar-refractivity contribution in [2.45, 2.75) is 32.2 Å². The molecule has 2 N–H and O–H groups in total.